The van der Waals surface area contributed by atoms with Crippen LogP contribution in [0.1, 0.15) is 37.1 Å². The van der Waals surface area contributed by atoms with Crippen LogP contribution < -0.4 is 10.6 Å². The first-order chi connectivity index (χ1) is 19.0. The van der Waals surface area contributed by atoms with Crippen LogP contribution in [0, 0.1) is 5.82 Å². The first kappa shape index (κ1) is 26.4. The summed E-state index contributed by atoms with van der Waals surface area (Å²) in [6, 6.07) is 22.9. The van der Waals surface area contributed by atoms with E-state index in [9.17, 15) is 14.0 Å². The lowest BCUT2D eigenvalue weighted by molar-refractivity contribution is -0.150. The summed E-state index contributed by atoms with van der Waals surface area (Å²) in [6.45, 7) is 6.99. The van der Waals surface area contributed by atoms with Gasteiger partial charge in [-0.15, -0.1) is 0 Å². The van der Waals surface area contributed by atoms with E-state index < -0.39 is 6.04 Å². The van der Waals surface area contributed by atoms with E-state index in [4.69, 9.17) is 4.74 Å². The van der Waals surface area contributed by atoms with Gasteiger partial charge < -0.3 is 9.64 Å². The third-order valence-corrected chi connectivity index (χ3v) is 7.21. The number of nitrogens with zero attached hydrogens (tertiary/aromatic N) is 5. The molecule has 0 unspecified atom stereocenters. The number of carbonyl (C=O) groups excluding carboxylic acids is 1. The largest absolute Gasteiger partial charge is 0.465 e. The van der Waals surface area contributed by atoms with Gasteiger partial charge in [0.25, 0.3) is 0 Å². The average Bonchev–Trinajstić information content (AvgIpc) is 3.35. The molecule has 4 aromatic rings. The van der Waals surface area contributed by atoms with Crippen molar-refractivity contribution in [3.05, 3.63) is 113 Å². The fourth-order valence-electron chi connectivity index (χ4n) is 5.06. The second-order valence-corrected chi connectivity index (χ2v) is 9.56. The Hall–Kier alpha value is -4.24. The summed E-state index contributed by atoms with van der Waals surface area (Å²) in [5, 5.41) is 4.30. The van der Waals surface area contributed by atoms with Crippen LogP contribution in [0.3, 0.4) is 0 Å². The molecular weight excluding hydrogens is 497 g/mol. The molecule has 0 bridgehead atoms. The molecule has 0 amide bonds. The molecule has 1 aromatic heterocycles. The quantitative estimate of drug-likeness (QED) is 0.319. The maximum atomic E-state index is 13.3. The lowest BCUT2D eigenvalue weighted by atomic mass is 10.0. The molecule has 8 nitrogen and oxygen atoms in total. The fraction of sp³-hybridized carbons (Fsp3) is 0.300. The predicted octanol–water partition coefficient (Wildman–Crippen LogP) is 4.21. The van der Waals surface area contributed by atoms with Gasteiger partial charge in [-0.25, -0.2) is 23.2 Å². The molecule has 1 aliphatic rings. The van der Waals surface area contributed by atoms with Crippen molar-refractivity contribution in [2.45, 2.75) is 25.9 Å². The van der Waals surface area contributed by atoms with Crippen molar-refractivity contribution in [3.8, 4) is 5.69 Å². The molecule has 5 rings (SSSR count). The third-order valence-electron chi connectivity index (χ3n) is 7.21. The van der Waals surface area contributed by atoms with Crippen molar-refractivity contribution in [3.63, 3.8) is 0 Å². The molecule has 0 aliphatic carbocycles. The Balaban J connectivity index is 1.27. The molecule has 2 heterocycles. The van der Waals surface area contributed by atoms with Gasteiger partial charge in [-0.2, -0.15) is 5.10 Å². The normalized spacial score (nSPS) is 15.6. The number of carbonyl (C=O) groups is 1. The van der Waals surface area contributed by atoms with Gasteiger partial charge >= 0.3 is 11.7 Å². The van der Waals surface area contributed by atoms with E-state index in [0.29, 0.717) is 25.4 Å². The van der Waals surface area contributed by atoms with Crippen molar-refractivity contribution in [1.29, 1.82) is 0 Å². The number of piperazine rings is 1. The smallest absolute Gasteiger partial charge is 0.350 e. The number of benzene rings is 3. The number of aromatic nitrogens is 3. The molecular formula is C30H32FN5O3. The standard InChI is InChI=1S/C30H32FN5O3/c1-3-39-29(37)28(24-7-5-4-6-8-24)34-19-17-33(18-20-34)26-13-15-27(16-14-26)35-21-32-36(30(35)38)22(2)23-9-11-25(31)12-10-23/h4-16,21-22,28H,3,17-20H2,1-2H3/t22-,28+/m0/s1. The van der Waals surface area contributed by atoms with E-state index in [-0.39, 0.29) is 23.5 Å². The summed E-state index contributed by atoms with van der Waals surface area (Å²) in [4.78, 5) is 30.3. The monoisotopic (exact) mass is 529 g/mol. The summed E-state index contributed by atoms with van der Waals surface area (Å²) in [6.07, 6.45) is 1.51. The van der Waals surface area contributed by atoms with Gasteiger partial charge in [-0.3, -0.25) is 4.90 Å². The van der Waals surface area contributed by atoms with E-state index in [0.717, 1.165) is 29.9 Å². The molecule has 0 N–H and O–H groups in total. The molecule has 202 valence electrons. The van der Waals surface area contributed by atoms with Crippen molar-refractivity contribution in [2.75, 3.05) is 37.7 Å². The van der Waals surface area contributed by atoms with Crippen molar-refractivity contribution < 1.29 is 13.9 Å². The molecule has 39 heavy (non-hydrogen) atoms. The van der Waals surface area contributed by atoms with Gasteiger partial charge in [0.2, 0.25) is 0 Å². The van der Waals surface area contributed by atoms with Gasteiger partial charge in [0, 0.05) is 31.9 Å². The maximum absolute atomic E-state index is 13.3. The minimum atomic E-state index is -0.420. The van der Waals surface area contributed by atoms with Crippen LogP contribution in [0.25, 0.3) is 5.69 Å². The fourth-order valence-corrected chi connectivity index (χ4v) is 5.06. The maximum Gasteiger partial charge on any atom is 0.350 e. The highest BCUT2D eigenvalue weighted by molar-refractivity contribution is 5.77. The Morgan fingerprint density at radius 3 is 2.18 bits per heavy atom. The number of hydrogen-bond acceptors (Lipinski definition) is 6. The number of hydrogen-bond donors (Lipinski definition) is 0. The van der Waals surface area contributed by atoms with Crippen LogP contribution in [0.4, 0.5) is 10.1 Å². The lowest BCUT2D eigenvalue weighted by Crippen LogP contribution is -2.49. The molecule has 9 heteroatoms. The number of anilines is 1. The SMILES string of the molecule is CCOC(=O)[C@@H](c1ccccc1)N1CCN(c2ccc(-n3cnn([C@@H](C)c4ccc(F)cc4)c3=O)cc2)CC1. The summed E-state index contributed by atoms with van der Waals surface area (Å²) < 4.78 is 21.6. The zero-order valence-corrected chi connectivity index (χ0v) is 22.1. The highest BCUT2D eigenvalue weighted by atomic mass is 19.1. The van der Waals surface area contributed by atoms with Crippen LogP contribution in [0.2, 0.25) is 0 Å². The molecule has 0 radical (unpaired) electrons. The zero-order valence-electron chi connectivity index (χ0n) is 22.1. The predicted molar refractivity (Wildman–Crippen MR) is 148 cm³/mol. The molecule has 1 fully saturated rings. The van der Waals surface area contributed by atoms with Gasteiger partial charge in [0.15, 0.2) is 0 Å². The van der Waals surface area contributed by atoms with E-state index in [1.807, 2.05) is 68.4 Å². The van der Waals surface area contributed by atoms with Crippen LogP contribution in [-0.2, 0) is 9.53 Å². The van der Waals surface area contributed by atoms with Gasteiger partial charge in [-0.05, 0) is 61.4 Å². The van der Waals surface area contributed by atoms with Gasteiger partial charge in [0.05, 0.1) is 18.3 Å². The van der Waals surface area contributed by atoms with Crippen LogP contribution >= 0.6 is 0 Å². The Kier molecular flexibility index (Phi) is 7.88. The Bertz CT molecular complexity index is 1440. The Morgan fingerprint density at radius 1 is 0.897 bits per heavy atom. The highest BCUT2D eigenvalue weighted by Gasteiger charge is 2.31. The summed E-state index contributed by atoms with van der Waals surface area (Å²) in [5.74, 6) is -0.540. The van der Waals surface area contributed by atoms with E-state index in [2.05, 4.69) is 14.9 Å². The number of esters is 1. The lowest BCUT2D eigenvalue weighted by Gasteiger charge is -2.39. The molecule has 1 saturated heterocycles. The minimum absolute atomic E-state index is 0.221. The second-order valence-electron chi connectivity index (χ2n) is 9.56. The molecule has 0 spiro atoms. The molecule has 3 aromatic carbocycles. The summed E-state index contributed by atoms with van der Waals surface area (Å²) in [7, 11) is 0. The van der Waals surface area contributed by atoms with Crippen molar-refractivity contribution >= 4 is 11.7 Å². The number of rotatable bonds is 8. The van der Waals surface area contributed by atoms with Gasteiger partial charge in [0.1, 0.15) is 18.2 Å². The average molecular weight is 530 g/mol. The second kappa shape index (κ2) is 11.7. The van der Waals surface area contributed by atoms with E-state index in [1.165, 1.54) is 27.7 Å². The minimum Gasteiger partial charge on any atom is -0.465 e. The van der Waals surface area contributed by atoms with Crippen LogP contribution in [-0.4, -0.2) is 58.0 Å². The van der Waals surface area contributed by atoms with Crippen LogP contribution in [0.15, 0.2) is 90.0 Å². The Morgan fingerprint density at radius 2 is 1.54 bits per heavy atom. The van der Waals surface area contributed by atoms with E-state index in [1.54, 1.807) is 12.1 Å². The topological polar surface area (TPSA) is 72.6 Å². The first-order valence-electron chi connectivity index (χ1n) is 13.2. The zero-order chi connectivity index (χ0) is 27.4. The first-order valence-corrected chi connectivity index (χ1v) is 13.2. The highest BCUT2D eigenvalue weighted by Crippen LogP contribution is 2.26. The third kappa shape index (κ3) is 5.63. The Labute approximate surface area is 226 Å². The molecule has 0 saturated carbocycles. The van der Waals surface area contributed by atoms with Crippen molar-refractivity contribution in [2.24, 2.45) is 0 Å². The van der Waals surface area contributed by atoms with E-state index >= 15 is 0 Å². The van der Waals surface area contributed by atoms with Crippen LogP contribution in [0.5, 0.6) is 0 Å². The number of halogens is 1. The summed E-state index contributed by atoms with van der Waals surface area (Å²) >= 11 is 0. The summed E-state index contributed by atoms with van der Waals surface area (Å²) in [5.41, 5.74) is 3.24. The number of ether oxygens (including phenoxy) is 1. The van der Waals surface area contributed by atoms with Gasteiger partial charge in [-0.1, -0.05) is 42.5 Å². The molecule has 2 atom stereocenters. The van der Waals surface area contributed by atoms with Crippen molar-refractivity contribution in [1.82, 2.24) is 19.2 Å². The molecule has 1 aliphatic heterocycles.